The first kappa shape index (κ1) is 14.5. The summed E-state index contributed by atoms with van der Waals surface area (Å²) in [6.07, 6.45) is -0.0675. The van der Waals surface area contributed by atoms with Crippen LogP contribution in [-0.4, -0.2) is 17.1 Å². The predicted octanol–water partition coefficient (Wildman–Crippen LogP) is 0.183. The number of aromatic nitrogens is 2. The van der Waals surface area contributed by atoms with E-state index in [0.717, 1.165) is 13.0 Å². The van der Waals surface area contributed by atoms with Gasteiger partial charge in [0.15, 0.2) is 0 Å². The van der Waals surface area contributed by atoms with Crippen molar-refractivity contribution in [3.05, 3.63) is 18.2 Å². The highest BCUT2D eigenvalue weighted by atomic mass is 19.4. The molecule has 0 amide bonds. The van der Waals surface area contributed by atoms with Crippen molar-refractivity contribution in [2.75, 3.05) is 0 Å². The number of halogens is 3. The maximum atomic E-state index is 10.5. The van der Waals surface area contributed by atoms with Crippen LogP contribution in [-0.2, 0) is 17.8 Å². The third-order valence-corrected chi connectivity index (χ3v) is 1.76. The fourth-order valence-corrected chi connectivity index (χ4v) is 0.998. The van der Waals surface area contributed by atoms with Crippen LogP contribution in [0.2, 0.25) is 0 Å². The van der Waals surface area contributed by atoms with Gasteiger partial charge in [-0.15, -0.1) is 0 Å². The Morgan fingerprint density at radius 2 is 2.00 bits per heavy atom. The van der Waals surface area contributed by atoms with Gasteiger partial charge in [-0.05, 0) is 6.92 Å². The molecule has 0 aliphatic carbocycles. The summed E-state index contributed by atoms with van der Waals surface area (Å²) >= 11 is 0. The molecule has 0 aliphatic rings. The average molecular weight is 238 g/mol. The van der Waals surface area contributed by atoms with Crippen LogP contribution in [0.4, 0.5) is 13.2 Å². The largest absolute Gasteiger partial charge is 0.542 e. The van der Waals surface area contributed by atoms with E-state index in [4.69, 9.17) is 9.90 Å². The Morgan fingerprint density at radius 1 is 1.50 bits per heavy atom. The first-order valence-electron chi connectivity index (χ1n) is 4.66. The number of aromatic amines is 1. The van der Waals surface area contributed by atoms with E-state index in [0.29, 0.717) is 0 Å². The average Bonchev–Trinajstić information content (AvgIpc) is 2.63. The molecular weight excluding hydrogens is 225 g/mol. The van der Waals surface area contributed by atoms with Crippen molar-refractivity contribution in [3.63, 3.8) is 0 Å². The molecular formula is C9H13F3N2O2. The summed E-state index contributed by atoms with van der Waals surface area (Å²) in [7, 11) is 0. The Hall–Kier alpha value is -1.53. The maximum absolute atomic E-state index is 10.5. The Balaban J connectivity index is 0.000000293. The van der Waals surface area contributed by atoms with Gasteiger partial charge in [0.05, 0.1) is 6.54 Å². The molecule has 0 aromatic carbocycles. The minimum absolute atomic E-state index is 1.06. The van der Waals surface area contributed by atoms with E-state index < -0.39 is 12.1 Å². The van der Waals surface area contributed by atoms with E-state index in [1.165, 1.54) is 5.82 Å². The van der Waals surface area contributed by atoms with Crippen LogP contribution in [0.1, 0.15) is 19.7 Å². The van der Waals surface area contributed by atoms with Gasteiger partial charge in [0.1, 0.15) is 18.4 Å². The number of carbonyl (C=O) groups excluding carboxylic acids is 1. The molecule has 1 N–H and O–H groups in total. The van der Waals surface area contributed by atoms with Gasteiger partial charge in [0.25, 0.3) is 5.82 Å². The number of nitrogens with one attached hydrogen (secondary N) is 1. The van der Waals surface area contributed by atoms with E-state index in [1.807, 2.05) is 6.20 Å². The molecule has 0 spiro atoms. The van der Waals surface area contributed by atoms with Gasteiger partial charge in [0.2, 0.25) is 0 Å². The van der Waals surface area contributed by atoms with Crippen molar-refractivity contribution in [3.8, 4) is 0 Å². The first-order chi connectivity index (χ1) is 7.32. The van der Waals surface area contributed by atoms with E-state index in [2.05, 4.69) is 29.6 Å². The number of aryl methyl sites for hydroxylation is 2. The highest BCUT2D eigenvalue weighted by Gasteiger charge is 2.28. The molecule has 1 aromatic rings. The number of carbonyl (C=O) groups is 1. The zero-order valence-corrected chi connectivity index (χ0v) is 8.97. The van der Waals surface area contributed by atoms with Crippen molar-refractivity contribution in [1.29, 1.82) is 0 Å². The quantitative estimate of drug-likeness (QED) is 0.747. The molecule has 0 saturated carbocycles. The second-order valence-electron chi connectivity index (χ2n) is 2.83. The normalized spacial score (nSPS) is 10.6. The summed E-state index contributed by atoms with van der Waals surface area (Å²) < 4.78 is 33.8. The van der Waals surface area contributed by atoms with Crippen molar-refractivity contribution >= 4 is 5.97 Å². The Labute approximate surface area is 90.7 Å². The molecule has 0 bridgehead atoms. The smallest absolute Gasteiger partial charge is 0.430 e. The van der Waals surface area contributed by atoms with Crippen LogP contribution in [0.5, 0.6) is 0 Å². The minimum atomic E-state index is -5.19. The highest BCUT2D eigenvalue weighted by Crippen LogP contribution is 2.11. The summed E-state index contributed by atoms with van der Waals surface area (Å²) in [4.78, 5) is 12.0. The van der Waals surface area contributed by atoms with E-state index >= 15 is 0 Å². The third kappa shape index (κ3) is 4.81. The van der Waals surface area contributed by atoms with E-state index in [-0.39, 0.29) is 0 Å². The van der Waals surface area contributed by atoms with Crippen LogP contribution < -0.4 is 9.67 Å². The van der Waals surface area contributed by atoms with Crippen LogP contribution in [0.3, 0.4) is 0 Å². The number of rotatable bonds is 2. The summed E-state index contributed by atoms with van der Waals surface area (Å²) in [5, 5.41) is 8.78. The topological polar surface area (TPSA) is 59.8 Å². The third-order valence-electron chi connectivity index (χ3n) is 1.76. The van der Waals surface area contributed by atoms with Gasteiger partial charge in [-0.1, -0.05) is 6.92 Å². The van der Waals surface area contributed by atoms with Gasteiger partial charge < -0.3 is 9.90 Å². The fourth-order valence-electron chi connectivity index (χ4n) is 0.998. The van der Waals surface area contributed by atoms with Crippen molar-refractivity contribution in [1.82, 2.24) is 4.98 Å². The lowest BCUT2D eigenvalue weighted by Gasteiger charge is -2.03. The van der Waals surface area contributed by atoms with Gasteiger partial charge >= 0.3 is 6.18 Å². The van der Waals surface area contributed by atoms with Crippen LogP contribution >= 0.6 is 0 Å². The summed E-state index contributed by atoms with van der Waals surface area (Å²) in [5.41, 5.74) is 0. The molecule has 1 aromatic heterocycles. The number of H-pyrrole nitrogens is 1. The molecule has 1 rings (SSSR count). The number of imidazole rings is 1. The lowest BCUT2D eigenvalue weighted by molar-refractivity contribution is -0.699. The number of carboxylic acids is 1. The molecule has 1 heterocycles. The first-order valence-corrected chi connectivity index (χ1v) is 4.66. The van der Waals surface area contributed by atoms with Gasteiger partial charge in [0, 0.05) is 6.42 Å². The van der Waals surface area contributed by atoms with Crippen LogP contribution in [0, 0.1) is 0 Å². The number of aliphatic carboxylic acids is 1. The fraction of sp³-hybridized carbons (Fsp3) is 0.556. The Kier molecular flexibility index (Phi) is 5.55. The minimum Gasteiger partial charge on any atom is -0.542 e. The molecule has 0 fully saturated rings. The lowest BCUT2D eigenvalue weighted by Crippen LogP contribution is -2.37. The van der Waals surface area contributed by atoms with E-state index in [1.54, 1.807) is 0 Å². The Morgan fingerprint density at radius 3 is 2.25 bits per heavy atom. The highest BCUT2D eigenvalue weighted by molar-refractivity contribution is 5.70. The summed E-state index contributed by atoms with van der Waals surface area (Å²) in [5.74, 6) is -1.70. The van der Waals surface area contributed by atoms with Crippen LogP contribution in [0.15, 0.2) is 12.4 Å². The number of carboxylic acid groups (broad SMARTS) is 1. The van der Waals surface area contributed by atoms with Crippen molar-refractivity contribution < 1.29 is 27.6 Å². The zero-order chi connectivity index (χ0) is 12.8. The van der Waals surface area contributed by atoms with Crippen molar-refractivity contribution in [2.45, 2.75) is 33.0 Å². The van der Waals surface area contributed by atoms with Gasteiger partial charge in [-0.3, -0.25) is 0 Å². The standard InChI is InChI=1S/C7H12N2.C2HF3O2/c1-3-7-8-5-6-9(7)4-2;3-2(4,5)1(6)7/h5-6H,3-4H2,1-2H3;(H,6,7). The molecule has 7 heteroatoms. The molecule has 4 nitrogen and oxygen atoms in total. The molecule has 0 saturated heterocycles. The second-order valence-corrected chi connectivity index (χ2v) is 2.83. The summed E-state index contributed by atoms with van der Waals surface area (Å²) in [6, 6.07) is 0. The lowest BCUT2D eigenvalue weighted by atomic mass is 10.4. The molecule has 92 valence electrons. The summed E-state index contributed by atoms with van der Waals surface area (Å²) in [6.45, 7) is 5.36. The predicted molar refractivity (Wildman–Crippen MR) is 47.1 cm³/mol. The molecule has 16 heavy (non-hydrogen) atoms. The van der Waals surface area contributed by atoms with Gasteiger partial charge in [-0.25, -0.2) is 9.55 Å². The molecule has 0 radical (unpaired) electrons. The maximum Gasteiger partial charge on any atom is 0.430 e. The Bertz CT molecular complexity index is 315. The van der Waals surface area contributed by atoms with E-state index in [9.17, 15) is 13.2 Å². The second kappa shape index (κ2) is 6.14. The van der Waals surface area contributed by atoms with Crippen LogP contribution in [0.25, 0.3) is 0 Å². The molecule has 0 atom stereocenters. The monoisotopic (exact) mass is 238 g/mol. The zero-order valence-electron chi connectivity index (χ0n) is 8.97. The molecule has 0 aliphatic heterocycles. The number of nitrogens with zero attached hydrogens (tertiary/aromatic N) is 1. The number of alkyl halides is 3. The van der Waals surface area contributed by atoms with Gasteiger partial charge in [-0.2, -0.15) is 13.2 Å². The SMILES string of the molecule is CCc1[nH]cc[n+]1CC.O=C([O-])C(F)(F)F. The number of hydrogen-bond donors (Lipinski definition) is 1. The number of hydrogen-bond acceptors (Lipinski definition) is 2. The van der Waals surface area contributed by atoms with Crippen molar-refractivity contribution in [2.24, 2.45) is 0 Å². The molecule has 0 unspecified atom stereocenters.